The molecule has 132 valence electrons. The fraction of sp³-hybridized carbons (Fsp3) is 0.353. The standard InChI is InChI=1S/C17H18N2O5S/c1-4-13(20)19-15(10-5-6-11-12(7-10)24-8-23-11)14(16(21)22-3)9(2)18-17(19)25/h5-7,15H,4,8H2,1-3H3,(H,18,25)/t15-/m1/s1. The molecule has 0 spiro atoms. The molecule has 1 aromatic carbocycles. The van der Waals surface area contributed by atoms with Crippen LogP contribution in [0.5, 0.6) is 11.5 Å². The smallest absolute Gasteiger partial charge is 0.337 e. The highest BCUT2D eigenvalue weighted by atomic mass is 32.1. The average Bonchev–Trinajstić information content (AvgIpc) is 3.07. The summed E-state index contributed by atoms with van der Waals surface area (Å²) in [5, 5.41) is 3.17. The second-order valence-electron chi connectivity index (χ2n) is 5.59. The fourth-order valence-electron chi connectivity index (χ4n) is 2.94. The summed E-state index contributed by atoms with van der Waals surface area (Å²) >= 11 is 5.35. The Balaban J connectivity index is 2.16. The number of nitrogens with one attached hydrogen (secondary N) is 1. The molecule has 1 amide bonds. The lowest BCUT2D eigenvalue weighted by Gasteiger charge is -2.38. The number of benzene rings is 1. The maximum atomic E-state index is 12.5. The molecule has 0 unspecified atom stereocenters. The number of rotatable bonds is 3. The van der Waals surface area contributed by atoms with Gasteiger partial charge in [-0.1, -0.05) is 13.0 Å². The lowest BCUT2D eigenvalue weighted by molar-refractivity contribution is -0.137. The monoisotopic (exact) mass is 362 g/mol. The summed E-state index contributed by atoms with van der Waals surface area (Å²) in [5.74, 6) is 0.458. The number of allylic oxidation sites excluding steroid dienone is 1. The third kappa shape index (κ3) is 2.93. The Morgan fingerprint density at radius 2 is 2.08 bits per heavy atom. The predicted octanol–water partition coefficient (Wildman–Crippen LogP) is 2.03. The molecule has 2 heterocycles. The van der Waals surface area contributed by atoms with Crippen molar-refractivity contribution in [3.8, 4) is 11.5 Å². The van der Waals surface area contributed by atoms with E-state index in [0.29, 0.717) is 28.3 Å². The molecule has 0 radical (unpaired) electrons. The zero-order valence-corrected chi connectivity index (χ0v) is 14.9. The van der Waals surface area contributed by atoms with E-state index in [1.54, 1.807) is 32.0 Å². The highest BCUT2D eigenvalue weighted by Crippen LogP contribution is 2.40. The lowest BCUT2D eigenvalue weighted by Crippen LogP contribution is -2.50. The van der Waals surface area contributed by atoms with Gasteiger partial charge in [0, 0.05) is 12.1 Å². The summed E-state index contributed by atoms with van der Waals surface area (Å²) in [5.41, 5.74) is 1.58. The summed E-state index contributed by atoms with van der Waals surface area (Å²) in [6, 6.07) is 4.61. The number of carbonyl (C=O) groups excluding carboxylic acids is 2. The Morgan fingerprint density at radius 3 is 2.76 bits per heavy atom. The van der Waals surface area contributed by atoms with Crippen molar-refractivity contribution in [3.05, 3.63) is 35.0 Å². The van der Waals surface area contributed by atoms with Crippen LogP contribution in [0, 0.1) is 0 Å². The first-order valence-electron chi connectivity index (χ1n) is 7.79. The number of carbonyl (C=O) groups is 2. The zero-order chi connectivity index (χ0) is 18.1. The Hall–Kier alpha value is -2.61. The molecule has 25 heavy (non-hydrogen) atoms. The minimum absolute atomic E-state index is 0.139. The normalized spacial score (nSPS) is 18.9. The minimum atomic E-state index is -0.692. The fourth-order valence-corrected chi connectivity index (χ4v) is 3.30. The number of amides is 1. The van der Waals surface area contributed by atoms with Crippen LogP contribution < -0.4 is 14.8 Å². The molecule has 3 rings (SSSR count). The van der Waals surface area contributed by atoms with Crippen molar-refractivity contribution in [2.45, 2.75) is 26.3 Å². The van der Waals surface area contributed by atoms with Crippen LogP contribution in [0.4, 0.5) is 0 Å². The van der Waals surface area contributed by atoms with Crippen molar-refractivity contribution in [3.63, 3.8) is 0 Å². The molecule has 2 aliphatic heterocycles. The number of ether oxygens (including phenoxy) is 3. The molecule has 1 N–H and O–H groups in total. The van der Waals surface area contributed by atoms with Gasteiger partial charge in [-0.05, 0) is 36.8 Å². The van der Waals surface area contributed by atoms with Crippen molar-refractivity contribution in [2.75, 3.05) is 13.9 Å². The van der Waals surface area contributed by atoms with Gasteiger partial charge in [-0.15, -0.1) is 0 Å². The van der Waals surface area contributed by atoms with E-state index in [4.69, 9.17) is 26.4 Å². The van der Waals surface area contributed by atoms with E-state index < -0.39 is 12.0 Å². The van der Waals surface area contributed by atoms with Gasteiger partial charge in [0.25, 0.3) is 0 Å². The van der Waals surface area contributed by atoms with Crippen LogP contribution in [0.25, 0.3) is 0 Å². The number of thiocarbonyl (C=S) groups is 1. The number of nitrogens with zero attached hydrogens (tertiary/aromatic N) is 1. The highest BCUT2D eigenvalue weighted by Gasteiger charge is 2.39. The van der Waals surface area contributed by atoms with Crippen LogP contribution in [-0.4, -0.2) is 35.8 Å². The number of esters is 1. The van der Waals surface area contributed by atoms with Gasteiger partial charge in [0.2, 0.25) is 12.7 Å². The van der Waals surface area contributed by atoms with Gasteiger partial charge in [-0.25, -0.2) is 4.79 Å². The van der Waals surface area contributed by atoms with Crippen LogP contribution in [0.2, 0.25) is 0 Å². The second-order valence-corrected chi connectivity index (χ2v) is 5.98. The van der Waals surface area contributed by atoms with Crippen LogP contribution in [0.15, 0.2) is 29.5 Å². The van der Waals surface area contributed by atoms with Crippen molar-refractivity contribution in [1.82, 2.24) is 10.2 Å². The van der Waals surface area contributed by atoms with E-state index in [9.17, 15) is 9.59 Å². The first-order valence-corrected chi connectivity index (χ1v) is 8.20. The van der Waals surface area contributed by atoms with Crippen molar-refractivity contribution in [1.29, 1.82) is 0 Å². The van der Waals surface area contributed by atoms with Crippen LogP contribution >= 0.6 is 12.2 Å². The SMILES string of the molecule is CCC(=O)N1C(=S)NC(C)=C(C(=O)OC)[C@H]1c1ccc2c(c1)OCO2. The van der Waals surface area contributed by atoms with E-state index in [2.05, 4.69) is 5.32 Å². The summed E-state index contributed by atoms with van der Waals surface area (Å²) in [7, 11) is 1.30. The molecule has 0 fully saturated rings. The average molecular weight is 362 g/mol. The van der Waals surface area contributed by atoms with Gasteiger partial charge < -0.3 is 19.5 Å². The molecule has 1 atom stereocenters. The highest BCUT2D eigenvalue weighted by molar-refractivity contribution is 7.80. The number of hydrogen-bond acceptors (Lipinski definition) is 6. The molecule has 2 aliphatic rings. The number of hydrogen-bond donors (Lipinski definition) is 1. The minimum Gasteiger partial charge on any atom is -0.466 e. The Morgan fingerprint density at radius 1 is 1.36 bits per heavy atom. The van der Waals surface area contributed by atoms with Gasteiger partial charge in [0.1, 0.15) is 0 Å². The number of fused-ring (bicyclic) bond motifs is 1. The number of methoxy groups -OCH3 is 1. The molecule has 0 aliphatic carbocycles. The zero-order valence-electron chi connectivity index (χ0n) is 14.1. The molecule has 7 nitrogen and oxygen atoms in total. The third-order valence-electron chi connectivity index (χ3n) is 4.14. The predicted molar refractivity (Wildman–Crippen MR) is 92.9 cm³/mol. The molecule has 0 bridgehead atoms. The largest absolute Gasteiger partial charge is 0.466 e. The summed E-state index contributed by atoms with van der Waals surface area (Å²) < 4.78 is 15.7. The van der Waals surface area contributed by atoms with Gasteiger partial charge in [0.05, 0.1) is 18.7 Å². The maximum absolute atomic E-state index is 12.5. The van der Waals surface area contributed by atoms with Crippen LogP contribution in [-0.2, 0) is 14.3 Å². The van der Waals surface area contributed by atoms with Gasteiger partial charge in [0.15, 0.2) is 16.6 Å². The van der Waals surface area contributed by atoms with Gasteiger partial charge in [-0.2, -0.15) is 0 Å². The molecular formula is C17H18N2O5S. The third-order valence-corrected chi connectivity index (χ3v) is 4.44. The Bertz CT molecular complexity index is 789. The molecule has 0 aromatic heterocycles. The van der Waals surface area contributed by atoms with Crippen molar-refractivity contribution < 1.29 is 23.8 Å². The molecule has 0 saturated carbocycles. The van der Waals surface area contributed by atoms with E-state index in [1.165, 1.54) is 12.0 Å². The molecule has 1 aromatic rings. The van der Waals surface area contributed by atoms with E-state index in [-0.39, 0.29) is 24.2 Å². The molecule has 8 heteroatoms. The Labute approximate surface area is 150 Å². The lowest BCUT2D eigenvalue weighted by atomic mass is 9.93. The molecule has 0 saturated heterocycles. The summed E-state index contributed by atoms with van der Waals surface area (Å²) in [6.07, 6.45) is 0.246. The van der Waals surface area contributed by atoms with Gasteiger partial charge >= 0.3 is 5.97 Å². The van der Waals surface area contributed by atoms with Crippen molar-refractivity contribution >= 4 is 29.2 Å². The Kier molecular flexibility index (Phi) is 4.63. The van der Waals surface area contributed by atoms with Crippen LogP contribution in [0.3, 0.4) is 0 Å². The first kappa shape index (κ1) is 17.2. The van der Waals surface area contributed by atoms with E-state index >= 15 is 0 Å². The quantitative estimate of drug-likeness (QED) is 0.651. The van der Waals surface area contributed by atoms with Crippen LogP contribution in [0.1, 0.15) is 31.9 Å². The first-order chi connectivity index (χ1) is 12.0. The topological polar surface area (TPSA) is 77.1 Å². The van der Waals surface area contributed by atoms with Crippen molar-refractivity contribution in [2.24, 2.45) is 0 Å². The van der Waals surface area contributed by atoms with E-state index in [1.807, 2.05) is 0 Å². The van der Waals surface area contributed by atoms with Gasteiger partial charge in [-0.3, -0.25) is 9.69 Å². The molecular weight excluding hydrogens is 344 g/mol. The second kappa shape index (κ2) is 6.72. The summed E-state index contributed by atoms with van der Waals surface area (Å²) in [6.45, 7) is 3.61. The summed E-state index contributed by atoms with van der Waals surface area (Å²) in [4.78, 5) is 26.3. The van der Waals surface area contributed by atoms with E-state index in [0.717, 1.165) is 0 Å². The maximum Gasteiger partial charge on any atom is 0.337 e.